The molecule has 1 N–H and O–H groups in total. The molecule has 1 aliphatic heterocycles. The molecule has 1 saturated heterocycles. The number of carbonyl (C=O) groups is 3. The zero-order chi connectivity index (χ0) is 24.9. The molecule has 1 aliphatic rings. The van der Waals surface area contributed by atoms with Crippen LogP contribution in [0.15, 0.2) is 71.6 Å². The van der Waals surface area contributed by atoms with E-state index in [9.17, 15) is 18.8 Å². The first-order chi connectivity index (χ1) is 16.8. The van der Waals surface area contributed by atoms with E-state index < -0.39 is 29.4 Å². The summed E-state index contributed by atoms with van der Waals surface area (Å²) in [6.45, 7) is -0.0867. The predicted octanol–water partition coefficient (Wildman–Crippen LogP) is 6.34. The number of rotatable bonds is 7. The first-order valence-electron chi connectivity index (χ1n) is 10.3. The fraction of sp³-hybridized carbons (Fsp3) is 0.0800. The first-order valence-corrected chi connectivity index (χ1v) is 12.5. The molecule has 0 atom stereocenters. The molecule has 178 valence electrons. The Bertz CT molecular complexity index is 1330. The van der Waals surface area contributed by atoms with Gasteiger partial charge in [-0.05, 0) is 94.0 Å². The minimum atomic E-state index is -0.601. The van der Waals surface area contributed by atoms with Crippen molar-refractivity contribution in [3.05, 3.63) is 97.2 Å². The van der Waals surface area contributed by atoms with Crippen LogP contribution in [0.5, 0.6) is 5.75 Å². The van der Waals surface area contributed by atoms with Gasteiger partial charge in [0.1, 0.15) is 24.7 Å². The van der Waals surface area contributed by atoms with Crippen LogP contribution >= 0.6 is 46.0 Å². The Morgan fingerprint density at radius 3 is 2.60 bits per heavy atom. The maximum atomic E-state index is 13.3. The van der Waals surface area contributed by atoms with Crippen LogP contribution in [-0.2, 0) is 16.2 Å². The van der Waals surface area contributed by atoms with Crippen molar-refractivity contribution in [3.63, 3.8) is 0 Å². The van der Waals surface area contributed by atoms with Crippen LogP contribution in [0.1, 0.15) is 11.1 Å². The Morgan fingerprint density at radius 1 is 1.11 bits per heavy atom. The molecular formula is C25H17ClFIN2O4S. The molecule has 0 radical (unpaired) electrons. The standard InChI is InChI=1S/C25H17ClFIN2O4S/c26-17-7-4-15(5-8-17)14-34-21-9-6-16(10-20(21)28)11-22-24(32)30(25(33)35-22)13-23(31)29-19-3-1-2-18(27)12-19/h1-12H,13-14H2,(H,29,31)/b22-11+. The maximum Gasteiger partial charge on any atom is 0.294 e. The van der Waals surface area contributed by atoms with Crippen LogP contribution < -0.4 is 10.1 Å². The number of nitrogens with one attached hydrogen (secondary N) is 1. The minimum absolute atomic E-state index is 0.208. The zero-order valence-electron chi connectivity index (χ0n) is 18.0. The molecule has 10 heteroatoms. The van der Waals surface area contributed by atoms with Gasteiger partial charge in [0, 0.05) is 10.7 Å². The predicted molar refractivity (Wildman–Crippen MR) is 143 cm³/mol. The summed E-state index contributed by atoms with van der Waals surface area (Å²) in [7, 11) is 0. The fourth-order valence-electron chi connectivity index (χ4n) is 3.16. The molecule has 35 heavy (non-hydrogen) atoms. The fourth-order valence-corrected chi connectivity index (χ4v) is 4.82. The Kier molecular flexibility index (Phi) is 8.09. The van der Waals surface area contributed by atoms with E-state index in [1.54, 1.807) is 30.3 Å². The summed E-state index contributed by atoms with van der Waals surface area (Å²) in [6.07, 6.45) is 1.60. The largest absolute Gasteiger partial charge is 0.488 e. The molecular weight excluding hydrogens is 606 g/mol. The number of anilines is 1. The molecule has 0 saturated carbocycles. The van der Waals surface area contributed by atoms with Gasteiger partial charge in [0.15, 0.2) is 0 Å². The van der Waals surface area contributed by atoms with Gasteiger partial charge in [0.2, 0.25) is 5.91 Å². The van der Waals surface area contributed by atoms with Gasteiger partial charge < -0.3 is 10.1 Å². The van der Waals surface area contributed by atoms with Gasteiger partial charge in [0.25, 0.3) is 11.1 Å². The van der Waals surface area contributed by atoms with E-state index >= 15 is 0 Å². The van der Waals surface area contributed by atoms with Crippen LogP contribution in [0.3, 0.4) is 0 Å². The van der Waals surface area contributed by atoms with E-state index in [0.717, 1.165) is 31.9 Å². The van der Waals surface area contributed by atoms with Crippen molar-refractivity contribution < 1.29 is 23.5 Å². The highest BCUT2D eigenvalue weighted by molar-refractivity contribution is 14.1. The second-order valence-electron chi connectivity index (χ2n) is 7.43. The third-order valence-corrected chi connectivity index (χ3v) is 6.85. The lowest BCUT2D eigenvalue weighted by molar-refractivity contribution is -0.127. The SMILES string of the molecule is O=C(CN1C(=O)S/C(=C/c2ccc(OCc3ccc(Cl)cc3)c(I)c2)C1=O)Nc1cccc(F)c1. The number of hydrogen-bond donors (Lipinski definition) is 1. The van der Waals surface area contributed by atoms with E-state index in [-0.39, 0.29) is 10.6 Å². The highest BCUT2D eigenvalue weighted by atomic mass is 127. The molecule has 0 unspecified atom stereocenters. The lowest BCUT2D eigenvalue weighted by Gasteiger charge is -2.12. The Hall–Kier alpha value is -2.89. The Labute approximate surface area is 223 Å². The van der Waals surface area contributed by atoms with Gasteiger partial charge in [-0.3, -0.25) is 19.3 Å². The quantitative estimate of drug-likeness (QED) is 0.246. The summed E-state index contributed by atoms with van der Waals surface area (Å²) in [5.74, 6) is -0.990. The number of ether oxygens (including phenoxy) is 1. The van der Waals surface area contributed by atoms with E-state index in [1.165, 1.54) is 18.2 Å². The lowest BCUT2D eigenvalue weighted by atomic mass is 10.2. The zero-order valence-corrected chi connectivity index (χ0v) is 21.7. The first kappa shape index (κ1) is 25.2. The van der Waals surface area contributed by atoms with Gasteiger partial charge in [-0.2, -0.15) is 0 Å². The summed E-state index contributed by atoms with van der Waals surface area (Å²) >= 11 is 8.80. The topological polar surface area (TPSA) is 75.7 Å². The highest BCUT2D eigenvalue weighted by Gasteiger charge is 2.36. The maximum absolute atomic E-state index is 13.3. The summed E-state index contributed by atoms with van der Waals surface area (Å²) in [5.41, 5.74) is 1.93. The molecule has 6 nitrogen and oxygen atoms in total. The van der Waals surface area contributed by atoms with Gasteiger partial charge in [-0.25, -0.2) is 4.39 Å². The van der Waals surface area contributed by atoms with Gasteiger partial charge in [-0.1, -0.05) is 35.9 Å². The highest BCUT2D eigenvalue weighted by Crippen LogP contribution is 2.33. The van der Waals surface area contributed by atoms with E-state index in [2.05, 4.69) is 27.9 Å². The van der Waals surface area contributed by atoms with Gasteiger partial charge in [0.05, 0.1) is 8.48 Å². The van der Waals surface area contributed by atoms with Crippen molar-refractivity contribution in [2.75, 3.05) is 11.9 Å². The summed E-state index contributed by atoms with van der Waals surface area (Å²) in [6, 6.07) is 18.1. The van der Waals surface area contributed by atoms with Crippen LogP contribution in [0.25, 0.3) is 6.08 Å². The van der Waals surface area contributed by atoms with Crippen molar-refractivity contribution in [1.82, 2.24) is 4.90 Å². The number of hydrogen-bond acceptors (Lipinski definition) is 5. The van der Waals surface area contributed by atoms with Crippen LogP contribution in [0, 0.1) is 9.39 Å². The number of amides is 3. The number of nitrogens with zero attached hydrogens (tertiary/aromatic N) is 1. The number of halogens is 3. The summed E-state index contributed by atoms with van der Waals surface area (Å²) in [4.78, 5) is 38.4. The Balaban J connectivity index is 1.39. The normalized spacial score (nSPS) is 14.5. The monoisotopic (exact) mass is 622 g/mol. The van der Waals surface area contributed by atoms with Crippen molar-refractivity contribution in [2.45, 2.75) is 6.61 Å². The molecule has 1 fully saturated rings. The molecule has 3 aromatic rings. The molecule has 3 amide bonds. The summed E-state index contributed by atoms with van der Waals surface area (Å²) in [5, 5.41) is 2.59. The molecule has 3 aromatic carbocycles. The second kappa shape index (κ2) is 11.2. The van der Waals surface area contributed by atoms with E-state index in [1.807, 2.05) is 18.2 Å². The van der Waals surface area contributed by atoms with Crippen molar-refractivity contribution in [3.8, 4) is 5.75 Å². The third kappa shape index (κ3) is 6.62. The summed E-state index contributed by atoms with van der Waals surface area (Å²) < 4.78 is 20.0. The van der Waals surface area contributed by atoms with Crippen LogP contribution in [-0.4, -0.2) is 28.5 Å². The molecule has 0 aromatic heterocycles. The van der Waals surface area contributed by atoms with Crippen molar-refractivity contribution >= 4 is 74.8 Å². The molecule has 0 bridgehead atoms. The third-order valence-electron chi connectivity index (χ3n) is 4.84. The van der Waals surface area contributed by atoms with Crippen LogP contribution in [0.2, 0.25) is 5.02 Å². The molecule has 4 rings (SSSR count). The van der Waals surface area contributed by atoms with E-state index in [0.29, 0.717) is 22.9 Å². The van der Waals surface area contributed by atoms with E-state index in [4.69, 9.17) is 16.3 Å². The number of imide groups is 1. The van der Waals surface area contributed by atoms with Crippen molar-refractivity contribution in [2.24, 2.45) is 0 Å². The number of carbonyl (C=O) groups excluding carboxylic acids is 3. The molecule has 1 heterocycles. The second-order valence-corrected chi connectivity index (χ2v) is 10.0. The number of benzene rings is 3. The lowest BCUT2D eigenvalue weighted by Crippen LogP contribution is -2.36. The molecule has 0 spiro atoms. The van der Waals surface area contributed by atoms with Gasteiger partial charge >= 0.3 is 0 Å². The average molecular weight is 623 g/mol. The van der Waals surface area contributed by atoms with Crippen molar-refractivity contribution in [1.29, 1.82) is 0 Å². The molecule has 0 aliphatic carbocycles. The van der Waals surface area contributed by atoms with Gasteiger partial charge in [-0.15, -0.1) is 0 Å². The Morgan fingerprint density at radius 2 is 1.89 bits per heavy atom. The average Bonchev–Trinajstić information content (AvgIpc) is 3.07. The minimum Gasteiger partial charge on any atom is -0.488 e. The van der Waals surface area contributed by atoms with Crippen LogP contribution in [0.4, 0.5) is 14.9 Å². The smallest absolute Gasteiger partial charge is 0.294 e. The number of thioether (sulfide) groups is 1.